The van der Waals surface area contributed by atoms with Crippen LogP contribution in [0, 0.1) is 6.92 Å². The van der Waals surface area contributed by atoms with Gasteiger partial charge in [0.15, 0.2) is 0 Å². The zero-order valence-electron chi connectivity index (χ0n) is 10.8. The number of rotatable bonds is 4. The number of aryl methyl sites for hydroxylation is 1. The summed E-state index contributed by atoms with van der Waals surface area (Å²) in [6.07, 6.45) is 2.07. The zero-order chi connectivity index (χ0) is 13.2. The molecule has 1 fully saturated rings. The smallest absolute Gasteiger partial charge is 0.248 e. The molecule has 1 aromatic rings. The summed E-state index contributed by atoms with van der Waals surface area (Å²) in [6.45, 7) is 5.50. The molecule has 1 aliphatic rings. The molecule has 0 radical (unpaired) electrons. The predicted molar refractivity (Wildman–Crippen MR) is 65.7 cm³/mol. The van der Waals surface area contributed by atoms with Crippen LogP contribution in [0.3, 0.4) is 0 Å². The fraction of sp³-hybridized carbons (Fsp3) is 0.692. The van der Waals surface area contributed by atoms with Gasteiger partial charge < -0.3 is 5.32 Å². The van der Waals surface area contributed by atoms with Crippen LogP contribution in [0.25, 0.3) is 0 Å². The molecule has 1 atom stereocenters. The third-order valence-electron chi connectivity index (χ3n) is 3.41. The summed E-state index contributed by atoms with van der Waals surface area (Å²) in [5.74, 6) is -2.16. The first kappa shape index (κ1) is 13.3. The van der Waals surface area contributed by atoms with Gasteiger partial charge in [-0.05, 0) is 25.5 Å². The lowest BCUT2D eigenvalue weighted by atomic mass is 10.1. The first-order valence-electron chi connectivity index (χ1n) is 6.43. The molecule has 100 valence electrons. The molecule has 1 aromatic heterocycles. The van der Waals surface area contributed by atoms with Gasteiger partial charge in [-0.15, -0.1) is 0 Å². The number of nitrogens with one attached hydrogen (secondary N) is 1. The molecule has 2 rings (SSSR count). The lowest BCUT2D eigenvalue weighted by Crippen LogP contribution is -2.16. The van der Waals surface area contributed by atoms with Gasteiger partial charge in [-0.1, -0.05) is 6.92 Å². The maximum atomic E-state index is 13.2. The average molecular weight is 255 g/mol. The number of halogens is 2. The monoisotopic (exact) mass is 255 g/mol. The van der Waals surface area contributed by atoms with Crippen molar-refractivity contribution >= 4 is 0 Å². The van der Waals surface area contributed by atoms with Crippen molar-refractivity contribution in [3.63, 3.8) is 0 Å². The molecule has 0 bridgehead atoms. The minimum Gasteiger partial charge on any atom is -0.311 e. The number of nitrogens with zero attached hydrogens (tertiary/aromatic N) is 2. The second kappa shape index (κ2) is 5.26. The van der Waals surface area contributed by atoms with Crippen molar-refractivity contribution in [1.29, 1.82) is 0 Å². The molecule has 0 spiro atoms. The van der Waals surface area contributed by atoms with E-state index in [0.29, 0.717) is 18.8 Å². The van der Waals surface area contributed by atoms with Gasteiger partial charge in [-0.2, -0.15) is 0 Å². The highest BCUT2D eigenvalue weighted by Crippen LogP contribution is 2.43. The summed E-state index contributed by atoms with van der Waals surface area (Å²) in [6, 6.07) is 0. The molecule has 1 aliphatic carbocycles. The maximum Gasteiger partial charge on any atom is 0.248 e. The van der Waals surface area contributed by atoms with Crippen LogP contribution >= 0.6 is 0 Å². The molecule has 5 heteroatoms. The van der Waals surface area contributed by atoms with Crippen LogP contribution in [0.1, 0.15) is 49.2 Å². The third kappa shape index (κ3) is 3.02. The van der Waals surface area contributed by atoms with Crippen molar-refractivity contribution in [3.05, 3.63) is 23.3 Å². The first-order chi connectivity index (χ1) is 8.52. The molecule has 0 aliphatic heterocycles. The molecule has 1 saturated carbocycles. The normalized spacial score (nSPS) is 22.3. The second-order valence-electron chi connectivity index (χ2n) is 4.93. The number of hydrogen-bond donors (Lipinski definition) is 1. The van der Waals surface area contributed by atoms with Crippen molar-refractivity contribution < 1.29 is 8.78 Å². The van der Waals surface area contributed by atoms with E-state index in [0.717, 1.165) is 17.8 Å². The second-order valence-corrected chi connectivity index (χ2v) is 4.93. The molecule has 0 saturated heterocycles. The Morgan fingerprint density at radius 3 is 2.89 bits per heavy atom. The minimum atomic E-state index is -2.54. The number of alkyl halides is 2. The van der Waals surface area contributed by atoms with Gasteiger partial charge in [0.25, 0.3) is 0 Å². The van der Waals surface area contributed by atoms with Gasteiger partial charge in [0.05, 0.1) is 5.69 Å². The Labute approximate surface area is 106 Å². The molecular weight excluding hydrogens is 236 g/mol. The van der Waals surface area contributed by atoms with E-state index in [1.165, 1.54) is 0 Å². The highest BCUT2D eigenvalue weighted by Gasteiger charge is 2.41. The average Bonchev–Trinajstić information content (AvgIpc) is 2.69. The van der Waals surface area contributed by atoms with Crippen LogP contribution in [-0.2, 0) is 6.54 Å². The van der Waals surface area contributed by atoms with Crippen LogP contribution in [0.5, 0.6) is 0 Å². The van der Waals surface area contributed by atoms with Crippen molar-refractivity contribution in [2.45, 2.75) is 51.5 Å². The van der Waals surface area contributed by atoms with Crippen molar-refractivity contribution in [2.75, 3.05) is 6.54 Å². The molecule has 1 heterocycles. The van der Waals surface area contributed by atoms with Crippen molar-refractivity contribution in [3.8, 4) is 0 Å². The predicted octanol–water partition coefficient (Wildman–Crippen LogP) is 2.80. The fourth-order valence-electron chi connectivity index (χ4n) is 2.28. The van der Waals surface area contributed by atoms with E-state index in [1.54, 1.807) is 6.20 Å². The highest BCUT2D eigenvalue weighted by atomic mass is 19.3. The van der Waals surface area contributed by atoms with Gasteiger partial charge in [0.1, 0.15) is 5.82 Å². The lowest BCUT2D eigenvalue weighted by Gasteiger charge is -2.12. The van der Waals surface area contributed by atoms with Gasteiger partial charge in [0.2, 0.25) is 5.92 Å². The van der Waals surface area contributed by atoms with Crippen molar-refractivity contribution in [1.82, 2.24) is 15.3 Å². The fourth-order valence-corrected chi connectivity index (χ4v) is 2.28. The Balaban J connectivity index is 2.14. The summed E-state index contributed by atoms with van der Waals surface area (Å²) in [7, 11) is 0. The molecule has 0 aromatic carbocycles. The zero-order valence-corrected chi connectivity index (χ0v) is 10.8. The van der Waals surface area contributed by atoms with Gasteiger partial charge in [-0.25, -0.2) is 18.7 Å². The van der Waals surface area contributed by atoms with Crippen LogP contribution in [0.4, 0.5) is 8.78 Å². The van der Waals surface area contributed by atoms with E-state index in [2.05, 4.69) is 15.3 Å². The van der Waals surface area contributed by atoms with E-state index < -0.39 is 5.92 Å². The van der Waals surface area contributed by atoms with Crippen LogP contribution in [-0.4, -0.2) is 22.4 Å². The summed E-state index contributed by atoms with van der Waals surface area (Å²) in [5.41, 5.74) is 1.92. The van der Waals surface area contributed by atoms with E-state index in [1.807, 2.05) is 13.8 Å². The minimum absolute atomic E-state index is 0.0442. The van der Waals surface area contributed by atoms with E-state index >= 15 is 0 Å². The van der Waals surface area contributed by atoms with Gasteiger partial charge >= 0.3 is 0 Å². The SMILES string of the molecule is CCNCc1nc(C2CCC(F)(F)C2)ncc1C. The molecule has 18 heavy (non-hydrogen) atoms. The number of aromatic nitrogens is 2. The Hall–Kier alpha value is -1.10. The first-order valence-corrected chi connectivity index (χ1v) is 6.43. The molecular formula is C13H19F2N3. The van der Waals surface area contributed by atoms with Crippen molar-refractivity contribution in [2.24, 2.45) is 0 Å². The molecule has 3 nitrogen and oxygen atoms in total. The van der Waals surface area contributed by atoms with Gasteiger partial charge in [0, 0.05) is 31.5 Å². The van der Waals surface area contributed by atoms with Crippen LogP contribution in [0.15, 0.2) is 6.20 Å². The topological polar surface area (TPSA) is 37.8 Å². The van der Waals surface area contributed by atoms with E-state index in [9.17, 15) is 8.78 Å². The summed E-state index contributed by atoms with van der Waals surface area (Å²) in [4.78, 5) is 8.67. The Bertz CT molecular complexity index is 421. The number of hydrogen-bond acceptors (Lipinski definition) is 3. The van der Waals surface area contributed by atoms with E-state index in [4.69, 9.17) is 0 Å². The molecule has 1 unspecified atom stereocenters. The Kier molecular flexibility index (Phi) is 3.90. The molecule has 1 N–H and O–H groups in total. The standard InChI is InChI=1S/C13H19F2N3/c1-3-16-8-11-9(2)7-17-12(18-11)10-4-5-13(14,15)6-10/h7,10,16H,3-6,8H2,1-2H3. The summed E-state index contributed by atoms with van der Waals surface area (Å²) < 4.78 is 26.4. The van der Waals surface area contributed by atoms with Crippen LogP contribution in [0.2, 0.25) is 0 Å². The summed E-state index contributed by atoms with van der Waals surface area (Å²) in [5, 5.41) is 3.20. The van der Waals surface area contributed by atoms with Crippen LogP contribution < -0.4 is 5.32 Å². The maximum absolute atomic E-state index is 13.2. The largest absolute Gasteiger partial charge is 0.311 e. The molecule has 0 amide bonds. The Morgan fingerprint density at radius 2 is 2.28 bits per heavy atom. The third-order valence-corrected chi connectivity index (χ3v) is 3.41. The Morgan fingerprint density at radius 1 is 1.50 bits per heavy atom. The quantitative estimate of drug-likeness (QED) is 0.899. The highest BCUT2D eigenvalue weighted by molar-refractivity contribution is 5.17. The summed E-state index contributed by atoms with van der Waals surface area (Å²) >= 11 is 0. The van der Waals surface area contributed by atoms with Gasteiger partial charge in [-0.3, -0.25) is 0 Å². The van der Waals surface area contributed by atoms with E-state index in [-0.39, 0.29) is 18.8 Å². The lowest BCUT2D eigenvalue weighted by molar-refractivity contribution is 0.00753.